The summed E-state index contributed by atoms with van der Waals surface area (Å²) in [5.41, 5.74) is 5.94. The molecule has 6 aliphatic carbocycles. The van der Waals surface area contributed by atoms with Gasteiger partial charge in [0.15, 0.2) is 34.5 Å². The zero-order valence-electron chi connectivity index (χ0n) is 83.6. The van der Waals surface area contributed by atoms with Crippen molar-refractivity contribution in [2.45, 2.75) is 283 Å². The van der Waals surface area contributed by atoms with Crippen LogP contribution in [0.5, 0.6) is 40.2 Å². The molecular formula is C111H156N6O17. The molecule has 6 saturated carbocycles. The number of amides is 6. The highest BCUT2D eigenvalue weighted by Gasteiger charge is 2.39. The van der Waals surface area contributed by atoms with Crippen LogP contribution in [0.4, 0.5) is 0 Å². The van der Waals surface area contributed by atoms with E-state index in [0.29, 0.717) is 186 Å². The maximum absolute atomic E-state index is 12.6. The molecule has 6 N–H and O–H groups in total. The lowest BCUT2D eigenvalue weighted by Crippen LogP contribution is -2.45. The number of carbonyl (C=O) groups is 8. The molecule has 134 heavy (non-hydrogen) atoms. The average Bonchev–Trinajstić information content (AvgIpc) is 1.50. The van der Waals surface area contributed by atoms with Gasteiger partial charge in [0, 0.05) is 76.1 Å². The molecule has 0 spiro atoms. The molecule has 6 aromatic carbocycles. The summed E-state index contributed by atoms with van der Waals surface area (Å²) in [7, 11) is 2.69. The largest absolute Gasteiger partial charge is 0.493 e. The minimum Gasteiger partial charge on any atom is -0.493 e. The number of fused-ring (bicyclic) bond motifs is 4. The monoisotopic (exact) mass is 1850 g/mol. The van der Waals surface area contributed by atoms with Gasteiger partial charge in [-0.2, -0.15) is 0 Å². The molecule has 0 saturated heterocycles. The van der Waals surface area contributed by atoms with Crippen molar-refractivity contribution >= 4 is 47.4 Å². The molecule has 732 valence electrons. The SMILES string of the molecule is CC(C)[C@@H]1CC[C@@H](C)C[C@@H]1NC(=O)c1ccc2c(c1)OCO2.CC(C)[C@@H]1CC[C@@H](C)C[C@@H]1NC(=O)c1ccc2c(c1)OCO2.CC(C)[C@H]1CC[C@H](C)C[C@H]1NC(=O)c1ccc2c(c1)OCC2.CC(C)[C@H]1CC[C@H](C)C[C@H]1NC(=O)c1ccc2c(c1)OCO2.COC(=O)c1ccc(C(=O)N[C@@H]2C[C@@H](C)CC[C@@H]2C(C)C)cc1.COC(=O)c1ccc(C(=O)N[C@H]2C[C@H](C)CC[C@H]2C(C)C)cc1. The molecule has 23 nitrogen and oxygen atoms in total. The molecule has 0 bridgehead atoms. The van der Waals surface area contributed by atoms with Gasteiger partial charge in [-0.05, 0) is 304 Å². The Morgan fingerprint density at radius 2 is 0.455 bits per heavy atom. The van der Waals surface area contributed by atoms with Crippen LogP contribution in [0.15, 0.2) is 121 Å². The van der Waals surface area contributed by atoms with Crippen molar-refractivity contribution in [2.24, 2.45) is 107 Å². The lowest BCUT2D eigenvalue weighted by Gasteiger charge is -2.37. The summed E-state index contributed by atoms with van der Waals surface area (Å²) in [6.45, 7) is 42.0. The summed E-state index contributed by atoms with van der Waals surface area (Å²) in [6.07, 6.45) is 22.0. The number of ether oxygens (including phenoxy) is 9. The van der Waals surface area contributed by atoms with Gasteiger partial charge in [0.2, 0.25) is 20.4 Å². The Hall–Kier alpha value is -10.3. The quantitative estimate of drug-likeness (QED) is 0.0387. The maximum Gasteiger partial charge on any atom is 0.337 e. The van der Waals surface area contributed by atoms with Crippen LogP contribution in [0.3, 0.4) is 0 Å². The minimum absolute atomic E-state index is 0.0111. The molecule has 10 aliphatic rings. The van der Waals surface area contributed by atoms with E-state index in [1.54, 1.807) is 103 Å². The Morgan fingerprint density at radius 3 is 0.687 bits per heavy atom. The van der Waals surface area contributed by atoms with Crippen molar-refractivity contribution in [3.63, 3.8) is 0 Å². The number of methoxy groups -OCH3 is 2. The van der Waals surface area contributed by atoms with E-state index in [0.717, 1.165) is 62.9 Å². The van der Waals surface area contributed by atoms with Crippen molar-refractivity contribution in [3.05, 3.63) is 171 Å². The average molecular weight is 1850 g/mol. The Kier molecular flexibility index (Phi) is 38.4. The summed E-state index contributed by atoms with van der Waals surface area (Å²) in [6, 6.07) is 36.8. The topological polar surface area (TPSA) is 292 Å². The third-order valence-electron chi connectivity index (χ3n) is 30.0. The van der Waals surface area contributed by atoms with Crippen molar-refractivity contribution in [1.82, 2.24) is 31.9 Å². The van der Waals surface area contributed by atoms with E-state index in [9.17, 15) is 38.4 Å². The van der Waals surface area contributed by atoms with E-state index in [1.165, 1.54) is 96.8 Å². The molecule has 6 amide bonds. The Balaban J connectivity index is 0.000000155. The molecule has 4 heterocycles. The fourth-order valence-electron chi connectivity index (χ4n) is 21.9. The third-order valence-corrected chi connectivity index (χ3v) is 30.0. The van der Waals surface area contributed by atoms with Gasteiger partial charge in [-0.3, -0.25) is 28.8 Å². The second kappa shape index (κ2) is 49.4. The molecule has 4 aliphatic heterocycles. The van der Waals surface area contributed by atoms with E-state index < -0.39 is 11.9 Å². The van der Waals surface area contributed by atoms with Crippen LogP contribution < -0.4 is 65.1 Å². The molecule has 23 heteroatoms. The number of rotatable bonds is 20. The second-order valence-electron chi connectivity index (χ2n) is 42.2. The highest BCUT2D eigenvalue weighted by molar-refractivity contribution is 5.99. The summed E-state index contributed by atoms with van der Waals surface area (Å²) in [5, 5.41) is 19.5. The minimum atomic E-state index is -0.391. The smallest absolute Gasteiger partial charge is 0.337 e. The normalized spacial score (nSPS) is 26.1. The third kappa shape index (κ3) is 28.9. The van der Waals surface area contributed by atoms with Crippen LogP contribution in [0.2, 0.25) is 0 Å². The Morgan fingerprint density at radius 1 is 0.254 bits per heavy atom. The predicted octanol–water partition coefficient (Wildman–Crippen LogP) is 22.0. The van der Waals surface area contributed by atoms with E-state index in [2.05, 4.69) is 166 Å². The van der Waals surface area contributed by atoms with Gasteiger partial charge < -0.3 is 74.5 Å². The Labute approximate surface area is 798 Å². The van der Waals surface area contributed by atoms with Gasteiger partial charge in [-0.25, -0.2) is 9.59 Å². The first kappa shape index (κ1) is 104. The lowest BCUT2D eigenvalue weighted by atomic mass is 9.74. The maximum atomic E-state index is 12.6. The van der Waals surface area contributed by atoms with Crippen LogP contribution in [0.1, 0.15) is 329 Å². The van der Waals surface area contributed by atoms with Gasteiger partial charge in [-0.15, -0.1) is 0 Å². The van der Waals surface area contributed by atoms with Gasteiger partial charge >= 0.3 is 11.9 Å². The van der Waals surface area contributed by atoms with E-state index in [4.69, 9.17) is 33.2 Å². The van der Waals surface area contributed by atoms with Crippen molar-refractivity contribution in [3.8, 4) is 40.2 Å². The summed E-state index contributed by atoms with van der Waals surface area (Å²) >= 11 is 0. The number of benzene rings is 6. The molecule has 0 aromatic heterocycles. The summed E-state index contributed by atoms with van der Waals surface area (Å²) in [4.78, 5) is 98.3. The molecule has 6 aromatic rings. The molecule has 6 fully saturated rings. The van der Waals surface area contributed by atoms with Crippen LogP contribution in [0, 0.1) is 107 Å². The molecule has 0 radical (unpaired) electrons. The van der Waals surface area contributed by atoms with Gasteiger partial charge in [0.1, 0.15) is 5.75 Å². The van der Waals surface area contributed by atoms with Gasteiger partial charge in [-0.1, -0.05) is 169 Å². The van der Waals surface area contributed by atoms with E-state index >= 15 is 0 Å². The number of hydrogen-bond donors (Lipinski definition) is 6. The Bertz CT molecular complexity index is 4370. The molecule has 18 atom stereocenters. The zero-order chi connectivity index (χ0) is 96.7. The van der Waals surface area contributed by atoms with Crippen molar-refractivity contribution < 1.29 is 81.0 Å². The number of esters is 2. The predicted molar refractivity (Wildman–Crippen MR) is 524 cm³/mol. The number of nitrogens with one attached hydrogen (secondary N) is 6. The van der Waals surface area contributed by atoms with Crippen LogP contribution in [-0.4, -0.2) is 125 Å². The van der Waals surface area contributed by atoms with Crippen LogP contribution >= 0.6 is 0 Å². The van der Waals surface area contributed by atoms with Gasteiger partial charge in [0.25, 0.3) is 35.4 Å². The number of carbonyl (C=O) groups excluding carboxylic acids is 8. The van der Waals surface area contributed by atoms with Crippen molar-refractivity contribution in [2.75, 3.05) is 41.2 Å². The standard InChI is InChI=1S/2C19H27NO3.C19H27NO2.3C18H25NO3/c2*1-12(2)16-10-5-13(3)11-17(16)20-18(21)14-6-8-15(9-7-14)19(22)23-4;1-12(2)16-7-4-13(3)10-17(16)20-19(21)15-6-5-14-8-9-22-18(14)11-15;3*1-11(2)14-6-4-12(3)8-15(14)19-18(20)13-5-7-16-17(9-13)22-10-21-16/h2*6-9,12-13,16-17H,5,10-11H2,1-4H3,(H,20,21);5-6,11-13,16-17H,4,7-10H2,1-3H3,(H,20,21);3*5,7,9,11-12,14-15H,4,6,8,10H2,1-3H3,(H,19,20)/t3*13-,16+,17+;3*12-,14+,15+/m100110/s1. The zero-order valence-corrected chi connectivity index (χ0v) is 83.6. The number of hydrogen-bond acceptors (Lipinski definition) is 17. The molecule has 0 unspecified atom stereocenters. The fourth-order valence-corrected chi connectivity index (χ4v) is 21.9. The molecular weight excluding hydrogens is 1690 g/mol. The van der Waals surface area contributed by atoms with Gasteiger partial charge in [0.05, 0.1) is 32.0 Å². The van der Waals surface area contributed by atoms with Crippen molar-refractivity contribution in [1.29, 1.82) is 0 Å². The van der Waals surface area contributed by atoms with E-state index in [1.807, 2.05) is 18.2 Å². The first-order valence-electron chi connectivity index (χ1n) is 50.2. The first-order valence-corrected chi connectivity index (χ1v) is 50.2. The molecule has 16 rings (SSSR count). The summed E-state index contributed by atoms with van der Waals surface area (Å²) in [5.74, 6) is 15.0. The summed E-state index contributed by atoms with van der Waals surface area (Å²) < 4.78 is 46.9. The fraction of sp³-hybridized carbons (Fsp3) is 0.604. The second-order valence-corrected chi connectivity index (χ2v) is 42.2. The highest BCUT2D eigenvalue weighted by atomic mass is 16.7. The first-order chi connectivity index (χ1) is 64.0. The van der Waals surface area contributed by atoms with Crippen LogP contribution in [0.25, 0.3) is 0 Å². The lowest BCUT2D eigenvalue weighted by molar-refractivity contribution is 0.0592. The highest BCUT2D eigenvalue weighted by Crippen LogP contribution is 2.43. The van der Waals surface area contributed by atoms with Crippen LogP contribution in [-0.2, 0) is 15.9 Å². The van der Waals surface area contributed by atoms with E-state index in [-0.39, 0.29) is 86.0 Å².